The number of amides is 1. The van der Waals surface area contributed by atoms with E-state index in [4.69, 9.17) is 9.47 Å². The van der Waals surface area contributed by atoms with Crippen molar-refractivity contribution in [3.8, 4) is 5.75 Å². The number of piperidine rings is 1. The number of β-amino-alcohol motifs (C(OH)–C–C–N with tert-alkyl or cyclic N) is 1. The summed E-state index contributed by atoms with van der Waals surface area (Å²) < 4.78 is 92.2. The summed E-state index contributed by atoms with van der Waals surface area (Å²) in [4.78, 5) is 36.6. The van der Waals surface area contributed by atoms with Crippen molar-refractivity contribution in [1.29, 1.82) is 0 Å². The van der Waals surface area contributed by atoms with Gasteiger partial charge in [0.1, 0.15) is 17.4 Å². The highest BCUT2D eigenvalue weighted by Gasteiger charge is 2.42. The predicted molar refractivity (Wildman–Crippen MR) is 158 cm³/mol. The minimum absolute atomic E-state index is 0.0132. The summed E-state index contributed by atoms with van der Waals surface area (Å²) in [5.41, 5.74) is -3.72. The van der Waals surface area contributed by atoms with Crippen LogP contribution in [0.5, 0.6) is 5.75 Å². The van der Waals surface area contributed by atoms with Crippen molar-refractivity contribution in [3.05, 3.63) is 69.9 Å². The standard InChI is InChI=1S/C30H33F6N7O5/c1-17(40-21-13-39-43(27(46)25(21)30(34,35)36)14-18-3-5-20(47-2)6-4-18)16-48-24-8-10-42(26(24)45)22-7-9-41(15-23(22)44)28-37-11-19(12-38-28)29(31,32)33/h3-6,11-13,17,22-24,40,44H,7-10,14-16H2,1-2H3/t17-,22-,23+,24+/m0/s1. The molecule has 0 unspecified atom stereocenters. The van der Waals surface area contributed by atoms with E-state index in [1.54, 1.807) is 24.3 Å². The molecule has 260 valence electrons. The number of aliphatic hydroxyl groups excluding tert-OH is 1. The number of anilines is 2. The Hall–Kier alpha value is -4.45. The van der Waals surface area contributed by atoms with Gasteiger partial charge in [-0.1, -0.05) is 12.1 Å². The number of rotatable bonds is 10. The maximum Gasteiger partial charge on any atom is 0.423 e. The van der Waals surface area contributed by atoms with Gasteiger partial charge in [0, 0.05) is 44.5 Å². The van der Waals surface area contributed by atoms with Crippen LogP contribution in [0.2, 0.25) is 0 Å². The van der Waals surface area contributed by atoms with Gasteiger partial charge in [-0.3, -0.25) is 9.59 Å². The molecule has 0 spiro atoms. The zero-order valence-electron chi connectivity index (χ0n) is 25.8. The second-order valence-corrected chi connectivity index (χ2v) is 11.6. The quantitative estimate of drug-likeness (QED) is 0.307. The number of carbonyl (C=O) groups is 1. The van der Waals surface area contributed by atoms with Crippen LogP contribution in [-0.4, -0.2) is 93.3 Å². The molecule has 3 aromatic rings. The van der Waals surface area contributed by atoms with Gasteiger partial charge in [0.2, 0.25) is 5.95 Å². The van der Waals surface area contributed by atoms with Crippen LogP contribution in [-0.2, 0) is 28.4 Å². The number of likely N-dealkylation sites (tertiary alicyclic amines) is 1. The highest BCUT2D eigenvalue weighted by Crippen LogP contribution is 2.33. The van der Waals surface area contributed by atoms with Crippen LogP contribution in [0.4, 0.5) is 38.0 Å². The average Bonchev–Trinajstić information content (AvgIpc) is 3.40. The molecule has 2 aliphatic rings. The number of carbonyl (C=O) groups excluding carboxylic acids is 1. The molecule has 2 N–H and O–H groups in total. The first kappa shape index (κ1) is 34.9. The Bertz CT molecular complexity index is 1640. The van der Waals surface area contributed by atoms with Crippen molar-refractivity contribution in [3.63, 3.8) is 0 Å². The van der Waals surface area contributed by atoms with E-state index < -0.39 is 64.9 Å². The number of ether oxygens (including phenoxy) is 2. The summed E-state index contributed by atoms with van der Waals surface area (Å²) in [5.74, 6) is 0.171. The Balaban J connectivity index is 1.16. The first-order chi connectivity index (χ1) is 22.7. The summed E-state index contributed by atoms with van der Waals surface area (Å²) in [7, 11) is 1.47. The highest BCUT2D eigenvalue weighted by molar-refractivity contribution is 5.83. The number of nitrogens with zero attached hydrogens (tertiary/aromatic N) is 6. The maximum absolute atomic E-state index is 14.0. The second-order valence-electron chi connectivity index (χ2n) is 11.6. The topological polar surface area (TPSA) is 135 Å². The van der Waals surface area contributed by atoms with E-state index in [0.29, 0.717) is 30.1 Å². The van der Waals surface area contributed by atoms with Gasteiger partial charge in [-0.05, 0) is 31.0 Å². The van der Waals surface area contributed by atoms with Crippen LogP contribution in [0.3, 0.4) is 0 Å². The summed E-state index contributed by atoms with van der Waals surface area (Å²) in [6.07, 6.45) is -8.69. The summed E-state index contributed by atoms with van der Waals surface area (Å²) in [5, 5.41) is 17.4. The van der Waals surface area contributed by atoms with Gasteiger partial charge in [-0.15, -0.1) is 0 Å². The molecule has 0 saturated carbocycles. The van der Waals surface area contributed by atoms with Gasteiger partial charge in [0.15, 0.2) is 0 Å². The number of methoxy groups -OCH3 is 1. The van der Waals surface area contributed by atoms with Gasteiger partial charge < -0.3 is 29.7 Å². The molecule has 0 radical (unpaired) electrons. The lowest BCUT2D eigenvalue weighted by Crippen LogP contribution is -2.55. The molecule has 2 fully saturated rings. The van der Waals surface area contributed by atoms with E-state index in [2.05, 4.69) is 20.4 Å². The normalized spacial score (nSPS) is 21.0. The Labute approximate surface area is 270 Å². The van der Waals surface area contributed by atoms with E-state index >= 15 is 0 Å². The number of nitrogens with one attached hydrogen (secondary N) is 1. The van der Waals surface area contributed by atoms with Gasteiger partial charge >= 0.3 is 12.4 Å². The van der Waals surface area contributed by atoms with Crippen LogP contribution < -0.4 is 20.5 Å². The molecular weight excluding hydrogens is 652 g/mol. The smallest absolute Gasteiger partial charge is 0.423 e. The third kappa shape index (κ3) is 7.81. The fourth-order valence-electron chi connectivity index (χ4n) is 5.71. The molecule has 2 aliphatic heterocycles. The summed E-state index contributed by atoms with van der Waals surface area (Å²) in [6, 6.07) is 5.10. The third-order valence-corrected chi connectivity index (χ3v) is 8.15. The van der Waals surface area contributed by atoms with E-state index in [0.717, 1.165) is 10.9 Å². The number of aromatic nitrogens is 4. The van der Waals surface area contributed by atoms with Gasteiger partial charge in [0.25, 0.3) is 11.5 Å². The Morgan fingerprint density at radius 3 is 2.29 bits per heavy atom. The molecule has 1 amide bonds. The van der Waals surface area contributed by atoms with Crippen LogP contribution in [0.1, 0.15) is 36.5 Å². The van der Waals surface area contributed by atoms with Crippen LogP contribution in [0.15, 0.2) is 47.7 Å². The zero-order chi connectivity index (χ0) is 34.8. The fourth-order valence-corrected chi connectivity index (χ4v) is 5.71. The van der Waals surface area contributed by atoms with E-state index in [9.17, 15) is 41.0 Å². The minimum atomic E-state index is -4.98. The number of hydrogen-bond acceptors (Lipinski definition) is 10. The zero-order valence-corrected chi connectivity index (χ0v) is 25.8. The second kappa shape index (κ2) is 14.0. The molecule has 1 aromatic carbocycles. The number of halogens is 6. The van der Waals surface area contributed by atoms with Gasteiger partial charge in [-0.25, -0.2) is 14.6 Å². The molecule has 12 nitrogen and oxygen atoms in total. The fraction of sp³-hybridized carbons (Fsp3) is 0.500. The lowest BCUT2D eigenvalue weighted by molar-refractivity contribution is -0.141. The SMILES string of the molecule is COc1ccc(Cn2ncc(N[C@@H](C)CO[C@@H]3CCN([C@H]4CCN(c5ncc(C(F)(F)F)cn5)C[C@H]4O)C3=O)c(C(F)(F)F)c2=O)cc1. The molecule has 4 atom stereocenters. The first-order valence-corrected chi connectivity index (χ1v) is 15.0. The molecule has 5 rings (SSSR count). The van der Waals surface area contributed by atoms with Gasteiger partial charge in [-0.2, -0.15) is 31.4 Å². The molecular formula is C30H33F6N7O5. The van der Waals surface area contributed by atoms with Crippen LogP contribution in [0, 0.1) is 0 Å². The predicted octanol–water partition coefficient (Wildman–Crippen LogP) is 3.19. The Kier molecular flexibility index (Phi) is 10.1. The monoisotopic (exact) mass is 685 g/mol. The largest absolute Gasteiger partial charge is 0.497 e. The molecule has 18 heteroatoms. The molecule has 0 aliphatic carbocycles. The van der Waals surface area contributed by atoms with Crippen molar-refractivity contribution >= 4 is 17.5 Å². The Morgan fingerprint density at radius 1 is 1.00 bits per heavy atom. The van der Waals surface area contributed by atoms with Crippen molar-refractivity contribution in [2.75, 3.05) is 43.6 Å². The van der Waals surface area contributed by atoms with Crippen LogP contribution >= 0.6 is 0 Å². The number of hydrogen-bond donors (Lipinski definition) is 2. The summed E-state index contributed by atoms with van der Waals surface area (Å²) in [6.45, 7) is 1.68. The van der Waals surface area contributed by atoms with Crippen molar-refractivity contribution < 1.29 is 45.7 Å². The number of benzene rings is 1. The van der Waals surface area contributed by atoms with Crippen molar-refractivity contribution in [2.24, 2.45) is 0 Å². The number of aliphatic hydroxyl groups is 1. The lowest BCUT2D eigenvalue weighted by atomic mass is 10.0. The van der Waals surface area contributed by atoms with Gasteiger partial charge in [0.05, 0.1) is 49.9 Å². The Morgan fingerprint density at radius 2 is 1.69 bits per heavy atom. The first-order valence-electron chi connectivity index (χ1n) is 15.0. The van der Waals surface area contributed by atoms with E-state index in [1.807, 2.05) is 0 Å². The molecule has 4 heterocycles. The average molecular weight is 686 g/mol. The van der Waals surface area contributed by atoms with E-state index in [-0.39, 0.29) is 45.2 Å². The maximum atomic E-state index is 14.0. The van der Waals surface area contributed by atoms with Crippen molar-refractivity contribution in [1.82, 2.24) is 24.6 Å². The lowest BCUT2D eigenvalue weighted by Gasteiger charge is -2.40. The number of alkyl halides is 6. The van der Waals surface area contributed by atoms with E-state index in [1.165, 1.54) is 23.8 Å². The molecule has 0 bridgehead atoms. The summed E-state index contributed by atoms with van der Waals surface area (Å²) >= 11 is 0. The third-order valence-electron chi connectivity index (χ3n) is 8.15. The molecule has 48 heavy (non-hydrogen) atoms. The minimum Gasteiger partial charge on any atom is -0.497 e. The molecule has 2 saturated heterocycles. The highest BCUT2D eigenvalue weighted by atomic mass is 19.4. The van der Waals surface area contributed by atoms with Crippen LogP contribution in [0.25, 0.3) is 0 Å². The van der Waals surface area contributed by atoms with Crippen molar-refractivity contribution in [2.45, 2.75) is 63.0 Å². The molecule has 2 aromatic heterocycles.